The summed E-state index contributed by atoms with van der Waals surface area (Å²) in [7, 11) is 0. The Bertz CT molecular complexity index is 216. The van der Waals surface area contributed by atoms with Crippen molar-refractivity contribution >= 4 is 11.9 Å². The Labute approximate surface area is 97.7 Å². The Morgan fingerprint density at radius 3 is 2.38 bits per heavy atom. The lowest BCUT2D eigenvalue weighted by Gasteiger charge is -2.17. The number of ether oxygens (including phenoxy) is 1. The lowest BCUT2D eigenvalue weighted by Crippen LogP contribution is -2.37. The van der Waals surface area contributed by atoms with Gasteiger partial charge in [-0.2, -0.15) is 0 Å². The van der Waals surface area contributed by atoms with Crippen molar-refractivity contribution in [2.24, 2.45) is 0 Å². The predicted octanol–water partition coefficient (Wildman–Crippen LogP) is 2.02. The summed E-state index contributed by atoms with van der Waals surface area (Å²) in [5.74, 6) is -0.378. The van der Waals surface area contributed by atoms with Crippen molar-refractivity contribution in [2.75, 3.05) is 6.61 Å². The molecule has 0 spiro atoms. The summed E-state index contributed by atoms with van der Waals surface area (Å²) in [5, 5.41) is 2.80. The third-order valence-corrected chi connectivity index (χ3v) is 2.30. The molecule has 0 fully saturated rings. The van der Waals surface area contributed by atoms with Gasteiger partial charge in [0.05, 0.1) is 6.04 Å². The zero-order valence-corrected chi connectivity index (χ0v) is 10.5. The van der Waals surface area contributed by atoms with Crippen LogP contribution >= 0.6 is 0 Å². The standard InChI is InChI=1S/C12H23NO3/c1-4-5-6-7-8-12(13-10(2)14)9-16-11(3)15/h12H,4-9H2,1-3H3,(H,13,14)/t12-/m0/s1. The van der Waals surface area contributed by atoms with Crippen LogP contribution in [0.15, 0.2) is 0 Å². The topological polar surface area (TPSA) is 55.4 Å². The molecule has 16 heavy (non-hydrogen) atoms. The van der Waals surface area contributed by atoms with Crippen LogP contribution in [0.3, 0.4) is 0 Å². The van der Waals surface area contributed by atoms with Gasteiger partial charge in [0.2, 0.25) is 5.91 Å². The molecule has 0 saturated heterocycles. The molecule has 0 saturated carbocycles. The maximum atomic E-state index is 10.9. The van der Waals surface area contributed by atoms with E-state index in [1.54, 1.807) is 0 Å². The second kappa shape index (κ2) is 9.19. The first kappa shape index (κ1) is 14.9. The van der Waals surface area contributed by atoms with Gasteiger partial charge in [-0.25, -0.2) is 0 Å². The van der Waals surface area contributed by atoms with E-state index in [4.69, 9.17) is 4.74 Å². The predicted molar refractivity (Wildman–Crippen MR) is 63.0 cm³/mol. The first-order valence-electron chi connectivity index (χ1n) is 5.96. The van der Waals surface area contributed by atoms with Gasteiger partial charge >= 0.3 is 5.97 Å². The Morgan fingerprint density at radius 2 is 1.88 bits per heavy atom. The molecule has 0 rings (SSSR count). The average Bonchev–Trinajstić information content (AvgIpc) is 2.19. The van der Waals surface area contributed by atoms with Crippen LogP contribution in [-0.4, -0.2) is 24.5 Å². The minimum absolute atomic E-state index is 0.0433. The van der Waals surface area contributed by atoms with Gasteiger partial charge in [-0.1, -0.05) is 32.6 Å². The fourth-order valence-corrected chi connectivity index (χ4v) is 1.52. The number of unbranched alkanes of at least 4 members (excludes halogenated alkanes) is 3. The summed E-state index contributed by atoms with van der Waals surface area (Å²) in [4.78, 5) is 21.6. The fraction of sp³-hybridized carbons (Fsp3) is 0.833. The summed E-state index contributed by atoms with van der Waals surface area (Å²) in [5.41, 5.74) is 0. The number of hydrogen-bond donors (Lipinski definition) is 1. The highest BCUT2D eigenvalue weighted by Crippen LogP contribution is 2.06. The van der Waals surface area contributed by atoms with Crippen LogP contribution in [0.25, 0.3) is 0 Å². The molecule has 0 aliphatic carbocycles. The average molecular weight is 229 g/mol. The Hall–Kier alpha value is -1.06. The van der Waals surface area contributed by atoms with E-state index < -0.39 is 0 Å². The normalized spacial score (nSPS) is 11.9. The minimum Gasteiger partial charge on any atom is -0.464 e. The monoisotopic (exact) mass is 229 g/mol. The third kappa shape index (κ3) is 9.49. The third-order valence-electron chi connectivity index (χ3n) is 2.30. The van der Waals surface area contributed by atoms with E-state index in [9.17, 15) is 9.59 Å². The summed E-state index contributed by atoms with van der Waals surface area (Å²) < 4.78 is 4.91. The van der Waals surface area contributed by atoms with E-state index in [1.807, 2.05) is 0 Å². The van der Waals surface area contributed by atoms with E-state index >= 15 is 0 Å². The van der Waals surface area contributed by atoms with Crippen LogP contribution in [0, 0.1) is 0 Å². The number of rotatable bonds is 8. The lowest BCUT2D eigenvalue weighted by atomic mass is 10.1. The molecule has 1 atom stereocenters. The van der Waals surface area contributed by atoms with Gasteiger partial charge in [0.1, 0.15) is 6.61 Å². The molecule has 0 heterocycles. The number of hydrogen-bond acceptors (Lipinski definition) is 3. The highest BCUT2D eigenvalue weighted by atomic mass is 16.5. The van der Waals surface area contributed by atoms with Crippen molar-refractivity contribution in [2.45, 2.75) is 58.9 Å². The molecular formula is C12H23NO3. The van der Waals surface area contributed by atoms with Crippen LogP contribution in [-0.2, 0) is 14.3 Å². The summed E-state index contributed by atoms with van der Waals surface area (Å²) in [6, 6.07) is -0.0433. The van der Waals surface area contributed by atoms with Gasteiger partial charge in [0.15, 0.2) is 0 Å². The molecule has 1 N–H and O–H groups in total. The highest BCUT2D eigenvalue weighted by Gasteiger charge is 2.11. The molecule has 1 amide bonds. The molecule has 0 aromatic carbocycles. The van der Waals surface area contributed by atoms with Crippen molar-refractivity contribution in [3.63, 3.8) is 0 Å². The second-order valence-corrected chi connectivity index (χ2v) is 4.05. The van der Waals surface area contributed by atoms with Crippen LogP contribution in [0.5, 0.6) is 0 Å². The van der Waals surface area contributed by atoms with Crippen molar-refractivity contribution in [1.29, 1.82) is 0 Å². The maximum Gasteiger partial charge on any atom is 0.302 e. The first-order chi connectivity index (χ1) is 7.56. The molecule has 94 valence electrons. The van der Waals surface area contributed by atoms with Gasteiger partial charge in [0.25, 0.3) is 0 Å². The van der Waals surface area contributed by atoms with Gasteiger partial charge in [-0.05, 0) is 6.42 Å². The largest absolute Gasteiger partial charge is 0.464 e. The quantitative estimate of drug-likeness (QED) is 0.512. The number of esters is 1. The summed E-state index contributed by atoms with van der Waals surface area (Å²) in [6.07, 6.45) is 5.48. The van der Waals surface area contributed by atoms with Gasteiger partial charge < -0.3 is 10.1 Å². The molecule has 0 radical (unpaired) electrons. The fourth-order valence-electron chi connectivity index (χ4n) is 1.52. The number of carbonyl (C=O) groups excluding carboxylic acids is 2. The molecule has 0 bridgehead atoms. The van der Waals surface area contributed by atoms with Crippen LogP contribution in [0.2, 0.25) is 0 Å². The van der Waals surface area contributed by atoms with Crippen molar-refractivity contribution in [1.82, 2.24) is 5.32 Å². The molecule has 4 heteroatoms. The van der Waals surface area contributed by atoms with Gasteiger partial charge in [-0.15, -0.1) is 0 Å². The van der Waals surface area contributed by atoms with Crippen LogP contribution < -0.4 is 5.32 Å². The van der Waals surface area contributed by atoms with Crippen LogP contribution in [0.1, 0.15) is 52.9 Å². The van der Waals surface area contributed by atoms with Crippen molar-refractivity contribution < 1.29 is 14.3 Å². The summed E-state index contributed by atoms with van der Waals surface area (Å²) >= 11 is 0. The molecule has 0 unspecified atom stereocenters. The van der Waals surface area contributed by atoms with Crippen molar-refractivity contribution in [3.05, 3.63) is 0 Å². The lowest BCUT2D eigenvalue weighted by molar-refractivity contribution is -0.142. The first-order valence-corrected chi connectivity index (χ1v) is 5.96. The van der Waals surface area contributed by atoms with E-state index in [-0.39, 0.29) is 24.5 Å². The molecule has 4 nitrogen and oxygen atoms in total. The van der Waals surface area contributed by atoms with E-state index in [0.717, 1.165) is 19.3 Å². The molecule has 0 aliphatic heterocycles. The minimum atomic E-state index is -0.302. The molecule has 0 aliphatic rings. The summed E-state index contributed by atoms with van der Waals surface area (Å²) in [6.45, 7) is 5.29. The van der Waals surface area contributed by atoms with Crippen molar-refractivity contribution in [3.8, 4) is 0 Å². The zero-order chi connectivity index (χ0) is 12.4. The number of nitrogens with one attached hydrogen (secondary N) is 1. The zero-order valence-electron chi connectivity index (χ0n) is 10.5. The molecule has 0 aromatic heterocycles. The number of amides is 1. The molecule has 0 aromatic rings. The molecular weight excluding hydrogens is 206 g/mol. The Kier molecular flexibility index (Phi) is 8.58. The number of carbonyl (C=O) groups is 2. The van der Waals surface area contributed by atoms with E-state index in [2.05, 4.69) is 12.2 Å². The Balaban J connectivity index is 3.80. The Morgan fingerprint density at radius 1 is 1.19 bits per heavy atom. The second-order valence-electron chi connectivity index (χ2n) is 4.05. The smallest absolute Gasteiger partial charge is 0.302 e. The SMILES string of the molecule is CCCCCC[C@@H](COC(C)=O)NC(C)=O. The van der Waals surface area contributed by atoms with E-state index in [1.165, 1.54) is 26.7 Å². The highest BCUT2D eigenvalue weighted by molar-refractivity contribution is 5.73. The maximum absolute atomic E-state index is 10.9. The van der Waals surface area contributed by atoms with Gasteiger partial charge in [-0.3, -0.25) is 9.59 Å². The van der Waals surface area contributed by atoms with Gasteiger partial charge in [0, 0.05) is 13.8 Å². The van der Waals surface area contributed by atoms with E-state index in [0.29, 0.717) is 0 Å². The van der Waals surface area contributed by atoms with Crippen LogP contribution in [0.4, 0.5) is 0 Å².